The molecule has 1 heterocycles. The van der Waals surface area contributed by atoms with Gasteiger partial charge in [0.2, 0.25) is 0 Å². The minimum Gasteiger partial charge on any atom is -0.275 e. The molecule has 0 aromatic heterocycles. The van der Waals surface area contributed by atoms with Gasteiger partial charge in [-0.15, -0.1) is 0 Å². The summed E-state index contributed by atoms with van der Waals surface area (Å²) < 4.78 is 0. The molecule has 3 nitrogen and oxygen atoms in total. The van der Waals surface area contributed by atoms with Gasteiger partial charge >= 0.3 is 0 Å². The lowest BCUT2D eigenvalue weighted by Crippen LogP contribution is -2.32. The highest BCUT2D eigenvalue weighted by molar-refractivity contribution is 6.15. The van der Waals surface area contributed by atoms with Crippen LogP contribution in [0.1, 0.15) is 39.0 Å². The summed E-state index contributed by atoms with van der Waals surface area (Å²) in [5.74, 6) is 0.500. The van der Waals surface area contributed by atoms with Gasteiger partial charge in [-0.25, -0.2) is 0 Å². The second-order valence-corrected chi connectivity index (χ2v) is 4.56. The van der Waals surface area contributed by atoms with Crippen LogP contribution in [-0.2, 0) is 9.59 Å². The fraction of sp³-hybridized carbons (Fsp3) is 0.667. The van der Waals surface area contributed by atoms with Gasteiger partial charge in [0.15, 0.2) is 0 Å². The van der Waals surface area contributed by atoms with Crippen LogP contribution in [0, 0.1) is 5.92 Å². The SMILES string of the molecule is CC1=CC(=O)N(CCC2CCCC2)C1=O. The second-order valence-electron chi connectivity index (χ2n) is 4.56. The topological polar surface area (TPSA) is 37.4 Å². The van der Waals surface area contributed by atoms with E-state index in [0.717, 1.165) is 12.3 Å². The minimum atomic E-state index is -0.129. The number of imide groups is 1. The summed E-state index contributed by atoms with van der Waals surface area (Å²) in [5.41, 5.74) is 0.575. The van der Waals surface area contributed by atoms with Gasteiger partial charge in [0.05, 0.1) is 0 Å². The van der Waals surface area contributed by atoms with E-state index in [4.69, 9.17) is 0 Å². The van der Waals surface area contributed by atoms with Crippen LogP contribution in [0.25, 0.3) is 0 Å². The van der Waals surface area contributed by atoms with Crippen LogP contribution in [0.4, 0.5) is 0 Å². The van der Waals surface area contributed by atoms with Crippen molar-refractivity contribution in [1.82, 2.24) is 4.90 Å². The van der Waals surface area contributed by atoms with Gasteiger partial charge in [-0.3, -0.25) is 14.5 Å². The van der Waals surface area contributed by atoms with Gasteiger partial charge in [-0.05, 0) is 19.3 Å². The number of carbonyl (C=O) groups excluding carboxylic acids is 2. The maximum absolute atomic E-state index is 11.6. The van der Waals surface area contributed by atoms with Crippen LogP contribution in [0.5, 0.6) is 0 Å². The summed E-state index contributed by atoms with van der Waals surface area (Å²) in [6.07, 6.45) is 7.58. The first-order valence-electron chi connectivity index (χ1n) is 5.72. The van der Waals surface area contributed by atoms with E-state index in [-0.39, 0.29) is 11.8 Å². The summed E-state index contributed by atoms with van der Waals surface area (Å²) in [6.45, 7) is 2.31. The summed E-state index contributed by atoms with van der Waals surface area (Å²) in [5, 5.41) is 0. The van der Waals surface area contributed by atoms with Crippen molar-refractivity contribution in [3.63, 3.8) is 0 Å². The number of hydrogen-bond donors (Lipinski definition) is 0. The first kappa shape index (κ1) is 10.4. The van der Waals surface area contributed by atoms with Crippen LogP contribution in [0.3, 0.4) is 0 Å². The standard InChI is InChI=1S/C12H17NO2/c1-9-8-11(14)13(12(9)15)7-6-10-4-2-3-5-10/h8,10H,2-7H2,1H3. The Kier molecular flexibility index (Phi) is 2.89. The number of carbonyl (C=O) groups is 2. The number of hydrogen-bond acceptors (Lipinski definition) is 2. The molecule has 1 aliphatic carbocycles. The predicted molar refractivity (Wildman–Crippen MR) is 57.1 cm³/mol. The van der Waals surface area contributed by atoms with Crippen LogP contribution >= 0.6 is 0 Å². The van der Waals surface area contributed by atoms with Crippen molar-refractivity contribution in [2.75, 3.05) is 6.54 Å². The van der Waals surface area contributed by atoms with Crippen molar-refractivity contribution >= 4 is 11.8 Å². The Morgan fingerprint density at radius 1 is 1.33 bits per heavy atom. The molecule has 0 bridgehead atoms. The second kappa shape index (κ2) is 4.17. The van der Waals surface area contributed by atoms with Gasteiger partial charge in [-0.1, -0.05) is 25.7 Å². The fourth-order valence-electron chi connectivity index (χ4n) is 2.46. The Morgan fingerprint density at radius 2 is 2.00 bits per heavy atom. The van der Waals surface area contributed by atoms with E-state index in [1.807, 2.05) is 0 Å². The summed E-state index contributed by atoms with van der Waals surface area (Å²) in [7, 11) is 0. The Bertz CT molecular complexity index is 314. The lowest BCUT2D eigenvalue weighted by molar-refractivity contribution is -0.137. The van der Waals surface area contributed by atoms with E-state index in [9.17, 15) is 9.59 Å². The van der Waals surface area contributed by atoms with Crippen LogP contribution < -0.4 is 0 Å². The molecule has 0 aromatic rings. The zero-order chi connectivity index (χ0) is 10.8. The first-order valence-corrected chi connectivity index (χ1v) is 5.72. The summed E-state index contributed by atoms with van der Waals surface area (Å²) >= 11 is 0. The average molecular weight is 207 g/mol. The highest BCUT2D eigenvalue weighted by Gasteiger charge is 2.28. The summed E-state index contributed by atoms with van der Waals surface area (Å²) in [4.78, 5) is 24.4. The van der Waals surface area contributed by atoms with Crippen molar-refractivity contribution < 1.29 is 9.59 Å². The molecule has 1 fully saturated rings. The molecule has 1 saturated carbocycles. The van der Waals surface area contributed by atoms with Gasteiger partial charge in [0.1, 0.15) is 0 Å². The third-order valence-electron chi connectivity index (χ3n) is 3.42. The minimum absolute atomic E-state index is 0.0991. The highest BCUT2D eigenvalue weighted by atomic mass is 16.2. The number of rotatable bonds is 3. The molecule has 3 heteroatoms. The maximum atomic E-state index is 11.6. The number of nitrogens with zero attached hydrogens (tertiary/aromatic N) is 1. The molecule has 0 spiro atoms. The molecular weight excluding hydrogens is 190 g/mol. The molecule has 2 amide bonds. The quantitative estimate of drug-likeness (QED) is 0.663. The Morgan fingerprint density at radius 3 is 2.53 bits per heavy atom. The smallest absolute Gasteiger partial charge is 0.256 e. The zero-order valence-corrected chi connectivity index (χ0v) is 9.16. The maximum Gasteiger partial charge on any atom is 0.256 e. The Balaban J connectivity index is 1.85. The van der Waals surface area contributed by atoms with Gasteiger partial charge in [0.25, 0.3) is 11.8 Å². The van der Waals surface area contributed by atoms with Crippen molar-refractivity contribution in [3.8, 4) is 0 Å². The van der Waals surface area contributed by atoms with Crippen LogP contribution in [0.15, 0.2) is 11.6 Å². The Hall–Kier alpha value is -1.12. The molecule has 0 radical (unpaired) electrons. The monoisotopic (exact) mass is 207 g/mol. The average Bonchev–Trinajstić information content (AvgIpc) is 2.76. The van der Waals surface area contributed by atoms with Crippen molar-refractivity contribution in [2.45, 2.75) is 39.0 Å². The van der Waals surface area contributed by atoms with E-state index >= 15 is 0 Å². The Labute approximate surface area is 90.1 Å². The normalized spacial score (nSPS) is 22.7. The molecule has 0 aromatic carbocycles. The van der Waals surface area contributed by atoms with E-state index in [1.165, 1.54) is 36.7 Å². The molecule has 0 atom stereocenters. The lowest BCUT2D eigenvalue weighted by Gasteiger charge is -2.16. The molecule has 0 N–H and O–H groups in total. The first-order chi connectivity index (χ1) is 7.18. The van der Waals surface area contributed by atoms with Crippen molar-refractivity contribution in [1.29, 1.82) is 0 Å². The van der Waals surface area contributed by atoms with E-state index in [1.54, 1.807) is 6.92 Å². The molecule has 1 aliphatic heterocycles. The molecule has 2 aliphatic rings. The number of amides is 2. The van der Waals surface area contributed by atoms with E-state index in [0.29, 0.717) is 12.1 Å². The molecular formula is C12H17NO2. The van der Waals surface area contributed by atoms with Crippen molar-refractivity contribution in [2.24, 2.45) is 5.92 Å². The molecule has 0 unspecified atom stereocenters. The summed E-state index contributed by atoms with van der Waals surface area (Å²) in [6, 6.07) is 0. The zero-order valence-electron chi connectivity index (χ0n) is 9.16. The van der Waals surface area contributed by atoms with Crippen molar-refractivity contribution in [3.05, 3.63) is 11.6 Å². The largest absolute Gasteiger partial charge is 0.275 e. The van der Waals surface area contributed by atoms with Gasteiger partial charge < -0.3 is 0 Å². The van der Waals surface area contributed by atoms with Crippen LogP contribution in [0.2, 0.25) is 0 Å². The molecule has 2 rings (SSSR count). The fourth-order valence-corrected chi connectivity index (χ4v) is 2.46. The third kappa shape index (κ3) is 2.11. The van der Waals surface area contributed by atoms with Gasteiger partial charge in [-0.2, -0.15) is 0 Å². The van der Waals surface area contributed by atoms with E-state index in [2.05, 4.69) is 0 Å². The highest BCUT2D eigenvalue weighted by Crippen LogP contribution is 2.28. The van der Waals surface area contributed by atoms with Crippen LogP contribution in [-0.4, -0.2) is 23.3 Å². The molecule has 0 saturated heterocycles. The molecule has 15 heavy (non-hydrogen) atoms. The predicted octanol–water partition coefficient (Wildman–Crippen LogP) is 1.88. The lowest BCUT2D eigenvalue weighted by atomic mass is 10.0. The van der Waals surface area contributed by atoms with Gasteiger partial charge in [0, 0.05) is 18.2 Å². The molecule has 82 valence electrons. The third-order valence-corrected chi connectivity index (χ3v) is 3.42. The van der Waals surface area contributed by atoms with E-state index < -0.39 is 0 Å².